The molecule has 1 N–H and O–H groups in total. The topological polar surface area (TPSA) is 56.1 Å². The number of methoxy groups -OCH3 is 1. The maximum atomic E-state index is 12.4. The Morgan fingerprint density at radius 1 is 1.17 bits per heavy atom. The largest absolute Gasteiger partial charge is 0.497 e. The van der Waals surface area contributed by atoms with E-state index in [1.807, 2.05) is 50.4 Å². The zero-order chi connectivity index (χ0) is 16.4. The highest BCUT2D eigenvalue weighted by atomic mass is 16.5. The summed E-state index contributed by atoms with van der Waals surface area (Å²) in [5.41, 5.74) is 0.969. The Morgan fingerprint density at radius 3 is 2.61 bits per heavy atom. The van der Waals surface area contributed by atoms with Gasteiger partial charge in [-0.1, -0.05) is 24.3 Å². The molecule has 0 aliphatic carbocycles. The summed E-state index contributed by atoms with van der Waals surface area (Å²) in [6.45, 7) is 1.89. The molecule has 1 heterocycles. The second kappa shape index (κ2) is 6.12. The number of nitrogens with zero attached hydrogens (tertiary/aromatic N) is 2. The Kier molecular flexibility index (Phi) is 4.02. The highest BCUT2D eigenvalue weighted by molar-refractivity contribution is 5.95. The number of hydrogen-bond donors (Lipinski definition) is 1. The van der Waals surface area contributed by atoms with Crippen molar-refractivity contribution in [2.45, 2.75) is 12.8 Å². The molecule has 0 fully saturated rings. The number of ether oxygens (including phenoxy) is 1. The molecule has 3 aromatic rings. The minimum absolute atomic E-state index is 0.0726. The molecule has 0 aliphatic rings. The summed E-state index contributed by atoms with van der Waals surface area (Å²) in [6, 6.07) is 13.7. The molecule has 1 atom stereocenters. The number of aromatic nitrogens is 2. The second-order valence-electron chi connectivity index (χ2n) is 5.56. The Balaban J connectivity index is 1.82. The molecule has 0 saturated carbocycles. The van der Waals surface area contributed by atoms with Crippen molar-refractivity contribution in [3.8, 4) is 5.75 Å². The molecular formula is C18H19N3O2. The average Bonchev–Trinajstić information content (AvgIpc) is 2.97. The fourth-order valence-corrected chi connectivity index (χ4v) is 2.51. The predicted molar refractivity (Wildman–Crippen MR) is 90.8 cm³/mol. The molecule has 2 aromatic carbocycles. The molecule has 0 saturated heterocycles. The smallest absolute Gasteiger partial charge is 0.232 e. The van der Waals surface area contributed by atoms with Crippen LogP contribution in [0.2, 0.25) is 0 Å². The molecule has 23 heavy (non-hydrogen) atoms. The van der Waals surface area contributed by atoms with E-state index in [1.54, 1.807) is 24.1 Å². The SMILES string of the molecule is COc1ccc2cc([C@@H](C)C(=O)Nc3ccn(C)n3)ccc2c1. The molecule has 0 spiro atoms. The molecule has 0 bridgehead atoms. The normalized spacial score (nSPS) is 12.1. The van der Waals surface area contributed by atoms with Crippen molar-refractivity contribution >= 4 is 22.5 Å². The fourth-order valence-electron chi connectivity index (χ4n) is 2.51. The Morgan fingerprint density at radius 2 is 1.91 bits per heavy atom. The van der Waals surface area contributed by atoms with Gasteiger partial charge in [-0.25, -0.2) is 0 Å². The molecule has 3 rings (SSSR count). The third-order valence-electron chi connectivity index (χ3n) is 3.93. The van der Waals surface area contributed by atoms with Crippen molar-refractivity contribution in [2.24, 2.45) is 7.05 Å². The highest BCUT2D eigenvalue weighted by Gasteiger charge is 2.16. The van der Waals surface area contributed by atoms with Crippen LogP contribution in [-0.2, 0) is 11.8 Å². The van der Waals surface area contributed by atoms with Crippen LogP contribution >= 0.6 is 0 Å². The van der Waals surface area contributed by atoms with E-state index in [0.717, 1.165) is 22.1 Å². The Hall–Kier alpha value is -2.82. The van der Waals surface area contributed by atoms with Gasteiger partial charge in [-0.15, -0.1) is 0 Å². The number of anilines is 1. The van der Waals surface area contributed by atoms with Gasteiger partial charge < -0.3 is 10.1 Å². The van der Waals surface area contributed by atoms with Crippen molar-refractivity contribution in [1.29, 1.82) is 0 Å². The summed E-state index contributed by atoms with van der Waals surface area (Å²) in [5.74, 6) is 1.06. The molecular weight excluding hydrogens is 290 g/mol. The molecule has 1 amide bonds. The van der Waals surface area contributed by atoms with Gasteiger partial charge in [-0.3, -0.25) is 9.48 Å². The van der Waals surface area contributed by atoms with E-state index in [9.17, 15) is 4.79 Å². The molecule has 0 unspecified atom stereocenters. The van der Waals surface area contributed by atoms with Gasteiger partial charge in [0.05, 0.1) is 13.0 Å². The number of rotatable bonds is 4. The van der Waals surface area contributed by atoms with E-state index < -0.39 is 0 Å². The Bertz CT molecular complexity index is 854. The van der Waals surface area contributed by atoms with Crippen molar-refractivity contribution < 1.29 is 9.53 Å². The minimum Gasteiger partial charge on any atom is -0.497 e. The summed E-state index contributed by atoms with van der Waals surface area (Å²) < 4.78 is 6.89. The fraction of sp³-hybridized carbons (Fsp3) is 0.222. The Labute approximate surface area is 134 Å². The lowest BCUT2D eigenvalue weighted by Crippen LogP contribution is -2.19. The van der Waals surface area contributed by atoms with Gasteiger partial charge in [0.2, 0.25) is 5.91 Å². The first-order valence-corrected chi connectivity index (χ1v) is 7.45. The van der Waals surface area contributed by atoms with Crippen LogP contribution in [0.3, 0.4) is 0 Å². The van der Waals surface area contributed by atoms with Crippen LogP contribution in [0.25, 0.3) is 10.8 Å². The minimum atomic E-state index is -0.261. The van der Waals surface area contributed by atoms with Crippen LogP contribution in [0.1, 0.15) is 18.4 Å². The zero-order valence-electron chi connectivity index (χ0n) is 13.4. The van der Waals surface area contributed by atoms with Gasteiger partial charge >= 0.3 is 0 Å². The molecule has 5 nitrogen and oxygen atoms in total. The van der Waals surface area contributed by atoms with Gasteiger partial charge in [0.1, 0.15) is 5.75 Å². The van der Waals surface area contributed by atoms with E-state index in [-0.39, 0.29) is 11.8 Å². The van der Waals surface area contributed by atoms with Gasteiger partial charge in [0, 0.05) is 19.3 Å². The lowest BCUT2D eigenvalue weighted by Gasteiger charge is -2.12. The van der Waals surface area contributed by atoms with Crippen LogP contribution in [0, 0.1) is 0 Å². The average molecular weight is 309 g/mol. The maximum Gasteiger partial charge on any atom is 0.232 e. The number of carbonyl (C=O) groups is 1. The summed E-state index contributed by atoms with van der Waals surface area (Å²) in [7, 11) is 3.47. The van der Waals surface area contributed by atoms with Crippen LogP contribution in [0.15, 0.2) is 48.7 Å². The van der Waals surface area contributed by atoms with Crippen molar-refractivity contribution in [3.63, 3.8) is 0 Å². The summed E-state index contributed by atoms with van der Waals surface area (Å²) >= 11 is 0. The van der Waals surface area contributed by atoms with Crippen LogP contribution in [0.4, 0.5) is 5.82 Å². The van der Waals surface area contributed by atoms with Crippen molar-refractivity contribution in [3.05, 3.63) is 54.2 Å². The summed E-state index contributed by atoms with van der Waals surface area (Å²) in [5, 5.41) is 9.18. The van der Waals surface area contributed by atoms with Gasteiger partial charge in [0.15, 0.2) is 5.82 Å². The first-order valence-electron chi connectivity index (χ1n) is 7.45. The molecule has 1 aromatic heterocycles. The van der Waals surface area contributed by atoms with Gasteiger partial charge in [-0.05, 0) is 35.4 Å². The van der Waals surface area contributed by atoms with Crippen LogP contribution < -0.4 is 10.1 Å². The third kappa shape index (κ3) is 3.18. The van der Waals surface area contributed by atoms with Crippen molar-refractivity contribution in [2.75, 3.05) is 12.4 Å². The standard InChI is InChI=1S/C18H19N3O2/c1-12(18(22)19-17-8-9-21(2)20-17)13-4-5-15-11-16(23-3)7-6-14(15)10-13/h4-12H,1-3H3,(H,19,20,22)/t12-/m1/s1. The molecule has 5 heteroatoms. The van der Waals surface area contributed by atoms with E-state index in [2.05, 4.69) is 10.4 Å². The maximum absolute atomic E-state index is 12.4. The third-order valence-corrected chi connectivity index (χ3v) is 3.93. The number of amides is 1. The molecule has 0 aliphatic heterocycles. The number of fused-ring (bicyclic) bond motifs is 1. The van der Waals surface area contributed by atoms with Gasteiger partial charge in [-0.2, -0.15) is 5.10 Å². The lowest BCUT2D eigenvalue weighted by molar-refractivity contribution is -0.117. The summed E-state index contributed by atoms with van der Waals surface area (Å²) in [6.07, 6.45) is 1.80. The predicted octanol–water partition coefficient (Wildman–Crippen LogP) is 3.32. The number of benzene rings is 2. The van der Waals surface area contributed by atoms with E-state index >= 15 is 0 Å². The van der Waals surface area contributed by atoms with Crippen LogP contribution in [0.5, 0.6) is 5.75 Å². The zero-order valence-corrected chi connectivity index (χ0v) is 13.4. The van der Waals surface area contributed by atoms with Crippen molar-refractivity contribution in [1.82, 2.24) is 9.78 Å². The lowest BCUT2D eigenvalue weighted by atomic mass is 9.97. The number of hydrogen-bond acceptors (Lipinski definition) is 3. The highest BCUT2D eigenvalue weighted by Crippen LogP contribution is 2.25. The van der Waals surface area contributed by atoms with E-state index in [0.29, 0.717) is 5.82 Å². The van der Waals surface area contributed by atoms with Crippen LogP contribution in [-0.4, -0.2) is 22.8 Å². The van der Waals surface area contributed by atoms with Gasteiger partial charge in [0.25, 0.3) is 0 Å². The molecule has 118 valence electrons. The van der Waals surface area contributed by atoms with E-state index in [4.69, 9.17) is 4.74 Å². The number of aryl methyl sites for hydroxylation is 1. The second-order valence-corrected chi connectivity index (χ2v) is 5.56. The summed E-state index contributed by atoms with van der Waals surface area (Å²) in [4.78, 5) is 12.4. The van der Waals surface area contributed by atoms with E-state index in [1.165, 1.54) is 0 Å². The first-order chi connectivity index (χ1) is 11.1. The first kappa shape index (κ1) is 15.1. The quantitative estimate of drug-likeness (QED) is 0.804. The number of carbonyl (C=O) groups excluding carboxylic acids is 1. The molecule has 0 radical (unpaired) electrons. The monoisotopic (exact) mass is 309 g/mol. The number of nitrogens with one attached hydrogen (secondary N) is 1.